The van der Waals surface area contributed by atoms with Crippen LogP contribution in [0.3, 0.4) is 0 Å². The zero-order valence-corrected chi connectivity index (χ0v) is 31.6. The first-order valence-corrected chi connectivity index (χ1v) is 18.3. The summed E-state index contributed by atoms with van der Waals surface area (Å²) in [6.45, 7) is 8.82. The molecule has 0 radical (unpaired) electrons. The predicted octanol–water partition coefficient (Wildman–Crippen LogP) is 7.45. The highest BCUT2D eigenvalue weighted by Gasteiger charge is 2.33. The Balaban J connectivity index is 0.000000311. The zero-order chi connectivity index (χ0) is 38.3. The molecule has 0 aliphatic carbocycles. The van der Waals surface area contributed by atoms with Crippen LogP contribution in [-0.4, -0.2) is 61.9 Å². The number of esters is 1. The van der Waals surface area contributed by atoms with Crippen molar-refractivity contribution in [2.45, 2.75) is 52.1 Å². The minimum atomic E-state index is -0.870. The minimum Gasteiger partial charge on any atom is -0.481 e. The third-order valence-electron chi connectivity index (χ3n) is 7.63. The number of carbonyl (C=O) groups excluding carboxylic acids is 3. The molecule has 0 saturated carbocycles. The van der Waals surface area contributed by atoms with E-state index >= 15 is 0 Å². The van der Waals surface area contributed by atoms with E-state index in [-0.39, 0.29) is 41.0 Å². The second-order valence-corrected chi connectivity index (χ2v) is 14.2. The first-order valence-electron chi connectivity index (χ1n) is 16.6. The Kier molecular flexibility index (Phi) is 16.2. The van der Waals surface area contributed by atoms with E-state index in [0.717, 1.165) is 34.0 Å². The van der Waals surface area contributed by atoms with E-state index in [4.69, 9.17) is 15.2 Å². The molecule has 4 atom stereocenters. The zero-order valence-electron chi connectivity index (χ0n) is 29.9. The van der Waals surface area contributed by atoms with Crippen molar-refractivity contribution in [3.05, 3.63) is 120 Å². The number of aliphatic carboxylic acids is 1. The molecular formula is C39H46N4O7S2. The van der Waals surface area contributed by atoms with Gasteiger partial charge in [-0.05, 0) is 62.1 Å². The van der Waals surface area contributed by atoms with Crippen molar-refractivity contribution in [2.24, 2.45) is 11.8 Å². The molecule has 52 heavy (non-hydrogen) atoms. The normalized spacial score (nSPS) is 13.3. The number of nitrogens with zero attached hydrogens (tertiary/aromatic N) is 2. The maximum atomic E-state index is 12.8. The maximum absolute atomic E-state index is 12.8. The molecule has 2 aromatic carbocycles. The molecule has 0 bridgehead atoms. The van der Waals surface area contributed by atoms with Gasteiger partial charge in [0.15, 0.2) is 5.12 Å². The SMILES string of the molecule is CCOC(=O)C(CSC(C)=O)C(c1ccccc1)c1ccc(NC(=O)OC(C)(C)C)nc1.Nc1ccc(C(c2ccccc2)C(CS)C(=O)O)cn1. The average Bonchev–Trinajstić information content (AvgIpc) is 3.10. The van der Waals surface area contributed by atoms with Crippen LogP contribution in [0.4, 0.5) is 16.4 Å². The Morgan fingerprint density at radius 2 is 1.37 bits per heavy atom. The molecule has 2 aromatic heterocycles. The van der Waals surface area contributed by atoms with E-state index in [1.807, 2.05) is 72.8 Å². The van der Waals surface area contributed by atoms with E-state index in [1.54, 1.807) is 52.2 Å². The Morgan fingerprint density at radius 1 is 0.827 bits per heavy atom. The molecule has 4 unspecified atom stereocenters. The van der Waals surface area contributed by atoms with Gasteiger partial charge in [0, 0.05) is 42.7 Å². The average molecular weight is 747 g/mol. The molecule has 4 rings (SSSR count). The number of nitrogen functional groups attached to an aromatic ring is 1. The Bertz CT molecular complexity index is 1740. The van der Waals surface area contributed by atoms with Gasteiger partial charge in [-0.2, -0.15) is 12.6 Å². The van der Waals surface area contributed by atoms with Crippen LogP contribution in [-0.2, 0) is 23.9 Å². The van der Waals surface area contributed by atoms with E-state index in [1.165, 1.54) is 6.92 Å². The molecule has 11 nitrogen and oxygen atoms in total. The number of nitrogens with one attached hydrogen (secondary N) is 1. The summed E-state index contributed by atoms with van der Waals surface area (Å²) in [6.07, 6.45) is 2.65. The number of anilines is 2. The van der Waals surface area contributed by atoms with Crippen LogP contribution >= 0.6 is 24.4 Å². The van der Waals surface area contributed by atoms with Gasteiger partial charge in [-0.25, -0.2) is 14.8 Å². The largest absolute Gasteiger partial charge is 0.481 e. The molecule has 0 aliphatic rings. The Labute approximate surface area is 314 Å². The number of rotatable bonds is 13. The number of thiol groups is 1. The molecule has 0 saturated heterocycles. The number of pyridine rings is 2. The lowest BCUT2D eigenvalue weighted by Gasteiger charge is -2.26. The lowest BCUT2D eigenvalue weighted by molar-refractivity contribution is -0.147. The second-order valence-electron chi connectivity index (χ2n) is 12.7. The number of benzene rings is 2. The van der Waals surface area contributed by atoms with Crippen LogP contribution in [0, 0.1) is 11.8 Å². The minimum absolute atomic E-state index is 0.0684. The van der Waals surface area contributed by atoms with Crippen molar-refractivity contribution >= 4 is 59.2 Å². The topological polar surface area (TPSA) is 171 Å². The fourth-order valence-corrected chi connectivity index (χ4v) is 6.50. The van der Waals surface area contributed by atoms with Gasteiger partial charge in [-0.1, -0.05) is 84.6 Å². The van der Waals surface area contributed by atoms with E-state index in [9.17, 15) is 24.3 Å². The van der Waals surface area contributed by atoms with Crippen LogP contribution in [0.1, 0.15) is 68.7 Å². The number of thioether (sulfide) groups is 1. The van der Waals surface area contributed by atoms with Gasteiger partial charge >= 0.3 is 18.0 Å². The van der Waals surface area contributed by atoms with Crippen LogP contribution in [0.5, 0.6) is 0 Å². The summed E-state index contributed by atoms with van der Waals surface area (Å²) in [5, 5.41) is 12.0. The Morgan fingerprint density at radius 3 is 1.79 bits per heavy atom. The fraction of sp³-hybridized carbons (Fsp3) is 0.333. The monoisotopic (exact) mass is 746 g/mol. The number of amides is 1. The van der Waals surface area contributed by atoms with Crippen molar-refractivity contribution in [3.63, 3.8) is 0 Å². The van der Waals surface area contributed by atoms with Gasteiger partial charge < -0.3 is 20.3 Å². The van der Waals surface area contributed by atoms with Crippen LogP contribution in [0.15, 0.2) is 97.3 Å². The van der Waals surface area contributed by atoms with Crippen molar-refractivity contribution < 1.29 is 33.8 Å². The summed E-state index contributed by atoms with van der Waals surface area (Å²) in [5.41, 5.74) is 8.41. The molecule has 1 amide bonds. The quantitative estimate of drug-likeness (QED) is 0.0792. The molecular weight excluding hydrogens is 701 g/mol. The Hall–Kier alpha value is -4.88. The maximum Gasteiger partial charge on any atom is 0.413 e. The summed E-state index contributed by atoms with van der Waals surface area (Å²) >= 11 is 5.28. The highest BCUT2D eigenvalue weighted by molar-refractivity contribution is 8.13. The van der Waals surface area contributed by atoms with Gasteiger partial charge in [0.2, 0.25) is 0 Å². The van der Waals surface area contributed by atoms with Crippen molar-refractivity contribution in [2.75, 3.05) is 29.2 Å². The summed E-state index contributed by atoms with van der Waals surface area (Å²) in [6, 6.07) is 26.1. The number of hydrogen-bond donors (Lipinski definition) is 4. The number of aromatic nitrogens is 2. The number of ether oxygens (including phenoxy) is 2. The number of nitrogens with two attached hydrogens (primary N) is 1. The van der Waals surface area contributed by atoms with Gasteiger partial charge in [-0.15, -0.1) is 0 Å². The summed E-state index contributed by atoms with van der Waals surface area (Å²) in [4.78, 5) is 56.4. The molecule has 4 N–H and O–H groups in total. The molecule has 0 spiro atoms. The smallest absolute Gasteiger partial charge is 0.413 e. The third kappa shape index (κ3) is 13.0. The first kappa shape index (κ1) is 41.5. The van der Waals surface area contributed by atoms with E-state index in [0.29, 0.717) is 11.6 Å². The molecule has 276 valence electrons. The molecule has 4 aromatic rings. The summed E-state index contributed by atoms with van der Waals surface area (Å²) < 4.78 is 10.6. The van der Waals surface area contributed by atoms with Crippen molar-refractivity contribution in [3.8, 4) is 0 Å². The number of carboxylic acids is 1. The highest BCUT2D eigenvalue weighted by Crippen LogP contribution is 2.36. The second kappa shape index (κ2) is 20.2. The summed E-state index contributed by atoms with van der Waals surface area (Å²) in [7, 11) is 0. The highest BCUT2D eigenvalue weighted by atomic mass is 32.2. The van der Waals surface area contributed by atoms with Gasteiger partial charge in [0.05, 0.1) is 18.4 Å². The number of carbonyl (C=O) groups is 4. The molecule has 0 fully saturated rings. The first-order chi connectivity index (χ1) is 24.7. The van der Waals surface area contributed by atoms with Gasteiger partial charge in [0.1, 0.15) is 17.2 Å². The summed E-state index contributed by atoms with van der Waals surface area (Å²) in [5.74, 6) is -1.82. The van der Waals surface area contributed by atoms with Crippen molar-refractivity contribution in [1.29, 1.82) is 0 Å². The molecule has 13 heteroatoms. The number of carboxylic acid groups (broad SMARTS) is 1. The molecule has 2 heterocycles. The fourth-order valence-electron chi connectivity index (χ4n) is 5.39. The van der Waals surface area contributed by atoms with E-state index < -0.39 is 29.5 Å². The molecule has 0 aliphatic heterocycles. The standard InChI is InChI=1S/C24H30N2O5S.C15H16N2O2S/c1-6-30-22(28)19(15-32-16(2)27)21(17-10-8-7-9-11-17)18-12-13-20(25-14-18)26-23(29)31-24(3,4)5;16-13-7-6-11(8-17-13)14(12(9-20)15(18)19)10-4-2-1-3-5-10/h7-14,19,21H,6,15H2,1-5H3,(H,25,26,29);1-8,12,14,20H,9H2,(H2,16,17)(H,18,19). The van der Waals surface area contributed by atoms with Gasteiger partial charge in [0.25, 0.3) is 0 Å². The van der Waals surface area contributed by atoms with Crippen LogP contribution in [0.2, 0.25) is 0 Å². The number of hydrogen-bond acceptors (Lipinski definition) is 11. The van der Waals surface area contributed by atoms with E-state index in [2.05, 4.69) is 27.9 Å². The van der Waals surface area contributed by atoms with Crippen LogP contribution in [0.25, 0.3) is 0 Å². The van der Waals surface area contributed by atoms with Gasteiger partial charge in [-0.3, -0.25) is 19.7 Å². The predicted molar refractivity (Wildman–Crippen MR) is 208 cm³/mol. The van der Waals surface area contributed by atoms with Crippen molar-refractivity contribution in [1.82, 2.24) is 9.97 Å². The van der Waals surface area contributed by atoms with Crippen LogP contribution < -0.4 is 11.1 Å². The third-order valence-corrected chi connectivity index (χ3v) is 8.96. The lowest BCUT2D eigenvalue weighted by Crippen LogP contribution is -2.28. The lowest BCUT2D eigenvalue weighted by atomic mass is 9.82.